The van der Waals surface area contributed by atoms with Gasteiger partial charge in [-0.25, -0.2) is 9.82 Å². The maximum Gasteiger partial charge on any atom is 0.274 e. The summed E-state index contributed by atoms with van der Waals surface area (Å²) in [4.78, 5) is 21.6. The quantitative estimate of drug-likeness (QED) is 0.532. The van der Waals surface area contributed by atoms with E-state index in [1.807, 2.05) is 0 Å². The summed E-state index contributed by atoms with van der Waals surface area (Å²) in [5, 5.41) is 14.2. The Hall–Kier alpha value is -3.09. The highest BCUT2D eigenvalue weighted by atomic mass is 19.1. The number of carbonyl (C=O) groups excluding carboxylic acids is 1. The van der Waals surface area contributed by atoms with Crippen LogP contribution in [-0.4, -0.2) is 17.0 Å². The van der Waals surface area contributed by atoms with Crippen molar-refractivity contribution >= 4 is 17.8 Å². The first kappa shape index (κ1) is 14.3. The number of nitrogens with zero attached hydrogens (tertiary/aromatic N) is 2. The van der Waals surface area contributed by atoms with E-state index in [9.17, 15) is 19.3 Å². The van der Waals surface area contributed by atoms with Crippen LogP contribution < -0.4 is 5.43 Å². The Morgan fingerprint density at radius 2 is 1.86 bits per heavy atom. The molecule has 0 aliphatic heterocycles. The van der Waals surface area contributed by atoms with Crippen LogP contribution in [-0.2, 0) is 0 Å². The highest BCUT2D eigenvalue weighted by Crippen LogP contribution is 2.10. The minimum absolute atomic E-state index is 0.0393. The molecule has 0 atom stereocenters. The van der Waals surface area contributed by atoms with Crippen LogP contribution >= 0.6 is 0 Å². The summed E-state index contributed by atoms with van der Waals surface area (Å²) < 4.78 is 13.3. The predicted molar refractivity (Wildman–Crippen MR) is 74.6 cm³/mol. The molecule has 0 saturated carbocycles. The number of hydrogen-bond donors (Lipinski definition) is 1. The van der Waals surface area contributed by atoms with Crippen LogP contribution in [0.15, 0.2) is 53.6 Å². The summed E-state index contributed by atoms with van der Waals surface area (Å²) in [6.45, 7) is 0. The number of hydrazone groups is 1. The van der Waals surface area contributed by atoms with Crippen molar-refractivity contribution in [3.63, 3.8) is 0 Å². The number of halogens is 1. The molecule has 0 radical (unpaired) electrons. The number of nitro benzene ring substituents is 1. The Kier molecular flexibility index (Phi) is 4.35. The van der Waals surface area contributed by atoms with E-state index in [1.54, 1.807) is 0 Å². The van der Waals surface area contributed by atoms with Gasteiger partial charge < -0.3 is 0 Å². The highest BCUT2D eigenvalue weighted by molar-refractivity contribution is 5.95. The number of rotatable bonds is 4. The summed E-state index contributed by atoms with van der Waals surface area (Å²) in [7, 11) is 0. The Balaban J connectivity index is 2.01. The third kappa shape index (κ3) is 3.69. The number of nitrogens with one attached hydrogen (secondary N) is 1. The van der Waals surface area contributed by atoms with Gasteiger partial charge in [-0.15, -0.1) is 0 Å². The van der Waals surface area contributed by atoms with Gasteiger partial charge >= 0.3 is 0 Å². The number of benzene rings is 2. The molecule has 1 amide bonds. The minimum atomic E-state index is -0.675. The van der Waals surface area contributed by atoms with Gasteiger partial charge in [-0.1, -0.05) is 12.1 Å². The molecule has 0 aliphatic carbocycles. The summed E-state index contributed by atoms with van der Waals surface area (Å²) in [5.41, 5.74) is 2.59. The van der Waals surface area contributed by atoms with Gasteiger partial charge in [-0.05, 0) is 29.8 Å². The second-order valence-corrected chi connectivity index (χ2v) is 4.03. The van der Waals surface area contributed by atoms with E-state index >= 15 is 0 Å². The van der Waals surface area contributed by atoms with Crippen LogP contribution in [0.5, 0.6) is 0 Å². The van der Waals surface area contributed by atoms with E-state index in [2.05, 4.69) is 10.5 Å². The second kappa shape index (κ2) is 6.38. The number of amides is 1. The lowest BCUT2D eigenvalue weighted by Crippen LogP contribution is -2.18. The third-order valence-electron chi connectivity index (χ3n) is 2.60. The standard InChI is InChI=1S/C14H10FN3O3/c15-13-4-2-1-3-12(13)14(19)17-16-9-10-5-7-11(8-6-10)18(20)21/h1-9H,(H,17,19)/b16-9-. The van der Waals surface area contributed by atoms with Crippen molar-refractivity contribution < 1.29 is 14.1 Å². The van der Waals surface area contributed by atoms with Crippen molar-refractivity contribution in [2.24, 2.45) is 5.10 Å². The summed E-state index contributed by atoms with van der Waals surface area (Å²) >= 11 is 0. The summed E-state index contributed by atoms with van der Waals surface area (Å²) in [6.07, 6.45) is 1.31. The maximum absolute atomic E-state index is 13.3. The van der Waals surface area contributed by atoms with Gasteiger partial charge in [0.15, 0.2) is 0 Å². The molecule has 0 fully saturated rings. The molecule has 0 heterocycles. The first-order chi connectivity index (χ1) is 10.1. The van der Waals surface area contributed by atoms with Gasteiger partial charge in [0, 0.05) is 12.1 Å². The lowest BCUT2D eigenvalue weighted by Gasteiger charge is -2.00. The lowest BCUT2D eigenvalue weighted by molar-refractivity contribution is -0.384. The molecule has 0 bridgehead atoms. The maximum atomic E-state index is 13.3. The van der Waals surface area contributed by atoms with E-state index in [4.69, 9.17) is 0 Å². The molecule has 2 aromatic rings. The van der Waals surface area contributed by atoms with Crippen molar-refractivity contribution in [1.82, 2.24) is 5.43 Å². The number of non-ortho nitro benzene ring substituents is 1. The van der Waals surface area contributed by atoms with Crippen LogP contribution in [0.2, 0.25) is 0 Å². The van der Waals surface area contributed by atoms with E-state index in [1.165, 1.54) is 54.7 Å². The molecule has 0 spiro atoms. The SMILES string of the molecule is O=C(N/N=C\c1ccc([N+](=O)[O-])cc1)c1ccccc1F. The third-order valence-corrected chi connectivity index (χ3v) is 2.60. The van der Waals surface area contributed by atoms with E-state index < -0.39 is 16.6 Å². The Bertz CT molecular complexity index is 699. The average Bonchev–Trinajstić information content (AvgIpc) is 2.48. The van der Waals surface area contributed by atoms with Gasteiger partial charge in [0.1, 0.15) is 5.82 Å². The lowest BCUT2D eigenvalue weighted by atomic mass is 10.2. The average molecular weight is 287 g/mol. The first-order valence-corrected chi connectivity index (χ1v) is 5.90. The molecule has 0 saturated heterocycles. The largest absolute Gasteiger partial charge is 0.274 e. The normalized spacial score (nSPS) is 10.5. The van der Waals surface area contributed by atoms with E-state index in [0.29, 0.717) is 5.56 Å². The summed E-state index contributed by atoms with van der Waals surface area (Å²) in [5.74, 6) is -1.31. The zero-order valence-corrected chi connectivity index (χ0v) is 10.7. The van der Waals surface area contributed by atoms with Crippen molar-refractivity contribution in [2.45, 2.75) is 0 Å². The number of hydrogen-bond acceptors (Lipinski definition) is 4. The van der Waals surface area contributed by atoms with Crippen molar-refractivity contribution in [3.05, 3.63) is 75.6 Å². The fourth-order valence-corrected chi connectivity index (χ4v) is 1.55. The molecule has 2 rings (SSSR count). The molecule has 1 N–H and O–H groups in total. The molecule has 106 valence electrons. The van der Waals surface area contributed by atoms with Gasteiger partial charge in [0.2, 0.25) is 0 Å². The fraction of sp³-hybridized carbons (Fsp3) is 0. The zero-order chi connectivity index (χ0) is 15.2. The van der Waals surface area contributed by atoms with Gasteiger partial charge in [-0.2, -0.15) is 5.10 Å². The van der Waals surface area contributed by atoms with Crippen LogP contribution in [0.1, 0.15) is 15.9 Å². The Morgan fingerprint density at radius 1 is 1.19 bits per heavy atom. The monoisotopic (exact) mass is 287 g/mol. The van der Waals surface area contributed by atoms with Gasteiger partial charge in [0.25, 0.3) is 11.6 Å². The molecule has 21 heavy (non-hydrogen) atoms. The smallest absolute Gasteiger partial charge is 0.267 e. The first-order valence-electron chi connectivity index (χ1n) is 5.90. The van der Waals surface area contributed by atoms with Crippen LogP contribution in [0.4, 0.5) is 10.1 Å². The number of nitro groups is 1. The van der Waals surface area contributed by atoms with E-state index in [-0.39, 0.29) is 11.3 Å². The molecule has 0 aromatic heterocycles. The van der Waals surface area contributed by atoms with Crippen LogP contribution in [0.3, 0.4) is 0 Å². The molecule has 2 aromatic carbocycles. The van der Waals surface area contributed by atoms with Gasteiger partial charge in [-0.3, -0.25) is 14.9 Å². The van der Waals surface area contributed by atoms with Crippen molar-refractivity contribution in [1.29, 1.82) is 0 Å². The van der Waals surface area contributed by atoms with E-state index in [0.717, 1.165) is 0 Å². The molecule has 7 heteroatoms. The van der Waals surface area contributed by atoms with Crippen LogP contribution in [0, 0.1) is 15.9 Å². The molecule has 0 unspecified atom stereocenters. The number of carbonyl (C=O) groups is 1. The molecule has 0 aliphatic rings. The highest BCUT2D eigenvalue weighted by Gasteiger charge is 2.09. The molecule has 6 nitrogen and oxygen atoms in total. The summed E-state index contributed by atoms with van der Waals surface area (Å²) in [6, 6.07) is 11.1. The topological polar surface area (TPSA) is 84.6 Å². The van der Waals surface area contributed by atoms with Gasteiger partial charge in [0.05, 0.1) is 16.7 Å². The zero-order valence-electron chi connectivity index (χ0n) is 10.7. The fourth-order valence-electron chi connectivity index (χ4n) is 1.55. The Morgan fingerprint density at radius 3 is 2.48 bits per heavy atom. The van der Waals surface area contributed by atoms with Crippen molar-refractivity contribution in [3.8, 4) is 0 Å². The second-order valence-electron chi connectivity index (χ2n) is 4.03. The van der Waals surface area contributed by atoms with Crippen molar-refractivity contribution in [2.75, 3.05) is 0 Å². The Labute approximate surface area is 119 Å². The molecular weight excluding hydrogens is 277 g/mol. The minimum Gasteiger partial charge on any atom is -0.267 e. The molecular formula is C14H10FN3O3. The predicted octanol–water partition coefficient (Wildman–Crippen LogP) is 2.50. The van der Waals surface area contributed by atoms with Crippen LogP contribution in [0.25, 0.3) is 0 Å².